The fourth-order valence-electron chi connectivity index (χ4n) is 2.32. The summed E-state index contributed by atoms with van der Waals surface area (Å²) in [4.78, 5) is 4.25. The Kier molecular flexibility index (Phi) is 5.40. The van der Waals surface area contributed by atoms with Crippen LogP contribution < -0.4 is 9.46 Å². The lowest BCUT2D eigenvalue weighted by atomic mass is 10.1. The van der Waals surface area contributed by atoms with Gasteiger partial charge >= 0.3 is 0 Å². The van der Waals surface area contributed by atoms with Gasteiger partial charge in [0.1, 0.15) is 10.6 Å². The Labute approximate surface area is 159 Å². The summed E-state index contributed by atoms with van der Waals surface area (Å²) in [7, 11) is -2.41. The minimum Gasteiger partial charge on any atom is -0.495 e. The van der Waals surface area contributed by atoms with E-state index in [4.69, 9.17) is 9.26 Å². The normalized spacial score (nSPS) is 11.5. The van der Waals surface area contributed by atoms with E-state index in [1.54, 1.807) is 12.1 Å². The van der Waals surface area contributed by atoms with Crippen LogP contribution in [0.15, 0.2) is 56.4 Å². The quantitative estimate of drug-likeness (QED) is 0.635. The number of aryl methyl sites for hydroxylation is 1. The van der Waals surface area contributed by atoms with Gasteiger partial charge in [0.15, 0.2) is 0 Å². The average Bonchev–Trinajstić information content (AvgIpc) is 3.09. The standard InChI is InChI=1S/C17H16BrN3O4S/c1-11-4-3-5-12(8-11)17-20-16(25-21-17)10-19-26(22,23)15-9-13(18)6-7-14(15)24-2/h3-9,19H,10H2,1-2H3. The second-order valence-corrected chi connectivity index (χ2v) is 8.15. The fraction of sp³-hybridized carbons (Fsp3) is 0.176. The highest BCUT2D eigenvalue weighted by Gasteiger charge is 2.21. The van der Waals surface area contributed by atoms with Gasteiger partial charge in [-0.25, -0.2) is 13.1 Å². The number of benzene rings is 2. The molecule has 2 aromatic carbocycles. The van der Waals surface area contributed by atoms with Crippen LogP contribution in [0.3, 0.4) is 0 Å². The van der Waals surface area contributed by atoms with E-state index >= 15 is 0 Å². The molecule has 0 bridgehead atoms. The molecular weight excluding hydrogens is 422 g/mol. The number of hydrogen-bond acceptors (Lipinski definition) is 6. The molecule has 1 heterocycles. The van der Waals surface area contributed by atoms with Crippen molar-refractivity contribution in [2.24, 2.45) is 0 Å². The molecule has 0 aliphatic heterocycles. The second-order valence-electron chi connectivity index (χ2n) is 5.50. The lowest BCUT2D eigenvalue weighted by Gasteiger charge is -2.10. The van der Waals surface area contributed by atoms with Crippen LogP contribution in [-0.2, 0) is 16.6 Å². The summed E-state index contributed by atoms with van der Waals surface area (Å²) < 4.78 is 38.4. The van der Waals surface area contributed by atoms with Gasteiger partial charge in [0.05, 0.1) is 13.7 Å². The third kappa shape index (κ3) is 4.12. The van der Waals surface area contributed by atoms with Crippen molar-refractivity contribution in [2.45, 2.75) is 18.4 Å². The summed E-state index contributed by atoms with van der Waals surface area (Å²) in [6.07, 6.45) is 0. The fourth-order valence-corrected chi connectivity index (χ4v) is 4.00. The number of sulfonamides is 1. The molecule has 0 fully saturated rings. The first-order valence-electron chi connectivity index (χ1n) is 7.62. The predicted molar refractivity (Wildman–Crippen MR) is 99.2 cm³/mol. The number of nitrogens with one attached hydrogen (secondary N) is 1. The molecular formula is C17H16BrN3O4S. The predicted octanol–water partition coefficient (Wildman–Crippen LogP) is 3.29. The summed E-state index contributed by atoms with van der Waals surface area (Å²) in [6.45, 7) is 1.83. The molecule has 0 saturated heterocycles. The first-order valence-corrected chi connectivity index (χ1v) is 9.89. The van der Waals surface area contributed by atoms with E-state index < -0.39 is 10.0 Å². The summed E-state index contributed by atoms with van der Waals surface area (Å²) in [6, 6.07) is 12.4. The zero-order valence-electron chi connectivity index (χ0n) is 14.1. The van der Waals surface area contributed by atoms with E-state index in [1.807, 2.05) is 31.2 Å². The molecule has 0 unspecified atom stereocenters. The van der Waals surface area contributed by atoms with Crippen LogP contribution in [0.1, 0.15) is 11.5 Å². The molecule has 0 radical (unpaired) electrons. The van der Waals surface area contributed by atoms with Gasteiger partial charge in [0.2, 0.25) is 21.7 Å². The first-order chi connectivity index (χ1) is 12.4. The Morgan fingerprint density at radius 3 is 2.77 bits per heavy atom. The minimum absolute atomic E-state index is 0.0211. The topological polar surface area (TPSA) is 94.3 Å². The minimum atomic E-state index is -3.82. The molecule has 3 rings (SSSR count). The summed E-state index contributed by atoms with van der Waals surface area (Å²) in [5.74, 6) is 0.814. The molecule has 1 aromatic heterocycles. The molecule has 7 nitrogen and oxygen atoms in total. The van der Waals surface area contributed by atoms with Crippen molar-refractivity contribution in [1.29, 1.82) is 0 Å². The number of hydrogen-bond donors (Lipinski definition) is 1. The van der Waals surface area contributed by atoms with E-state index in [9.17, 15) is 8.42 Å². The third-order valence-corrected chi connectivity index (χ3v) is 5.49. The van der Waals surface area contributed by atoms with Gasteiger partial charge in [-0.2, -0.15) is 4.98 Å². The van der Waals surface area contributed by atoms with Crippen LogP contribution in [0, 0.1) is 6.92 Å². The van der Waals surface area contributed by atoms with Crippen molar-refractivity contribution in [3.63, 3.8) is 0 Å². The molecule has 0 atom stereocenters. The van der Waals surface area contributed by atoms with Gasteiger partial charge in [-0.3, -0.25) is 0 Å². The van der Waals surface area contributed by atoms with Crippen molar-refractivity contribution in [2.75, 3.05) is 7.11 Å². The molecule has 0 amide bonds. The maximum absolute atomic E-state index is 12.6. The summed E-state index contributed by atoms with van der Waals surface area (Å²) >= 11 is 3.26. The van der Waals surface area contributed by atoms with E-state index in [2.05, 4.69) is 30.8 Å². The van der Waals surface area contributed by atoms with Gasteiger partial charge in [0.25, 0.3) is 0 Å². The molecule has 3 aromatic rings. The molecule has 136 valence electrons. The summed E-state index contributed by atoms with van der Waals surface area (Å²) in [5, 5.41) is 3.90. The van der Waals surface area contributed by atoms with Crippen LogP contribution in [-0.4, -0.2) is 25.7 Å². The Morgan fingerprint density at radius 1 is 1.23 bits per heavy atom. The van der Waals surface area contributed by atoms with Crippen LogP contribution in [0.25, 0.3) is 11.4 Å². The van der Waals surface area contributed by atoms with Crippen LogP contribution in [0.2, 0.25) is 0 Å². The van der Waals surface area contributed by atoms with E-state index in [0.29, 0.717) is 10.3 Å². The Bertz CT molecular complexity index is 1030. The molecule has 26 heavy (non-hydrogen) atoms. The van der Waals surface area contributed by atoms with Crippen LogP contribution >= 0.6 is 15.9 Å². The Balaban J connectivity index is 1.78. The highest BCUT2D eigenvalue weighted by Crippen LogP contribution is 2.27. The highest BCUT2D eigenvalue weighted by molar-refractivity contribution is 9.10. The molecule has 0 aliphatic carbocycles. The zero-order chi connectivity index (χ0) is 18.7. The Hall–Kier alpha value is -2.23. The number of rotatable bonds is 6. The second kappa shape index (κ2) is 7.56. The monoisotopic (exact) mass is 437 g/mol. The van der Waals surface area contributed by atoms with E-state index in [-0.39, 0.29) is 23.1 Å². The number of ether oxygens (including phenoxy) is 1. The molecule has 0 aliphatic rings. The van der Waals surface area contributed by atoms with Gasteiger partial charge in [-0.15, -0.1) is 0 Å². The van der Waals surface area contributed by atoms with Gasteiger partial charge in [-0.1, -0.05) is 44.8 Å². The van der Waals surface area contributed by atoms with Gasteiger partial charge in [0, 0.05) is 10.0 Å². The van der Waals surface area contributed by atoms with E-state index in [1.165, 1.54) is 13.2 Å². The maximum Gasteiger partial charge on any atom is 0.244 e. The van der Waals surface area contributed by atoms with Gasteiger partial charge < -0.3 is 9.26 Å². The lowest BCUT2D eigenvalue weighted by Crippen LogP contribution is -2.24. The van der Waals surface area contributed by atoms with Crippen molar-refractivity contribution < 1.29 is 17.7 Å². The van der Waals surface area contributed by atoms with Gasteiger partial charge in [-0.05, 0) is 31.2 Å². The van der Waals surface area contributed by atoms with Crippen molar-refractivity contribution >= 4 is 26.0 Å². The number of halogens is 1. The third-order valence-electron chi connectivity index (χ3n) is 3.57. The number of methoxy groups -OCH3 is 1. The molecule has 0 spiro atoms. The largest absolute Gasteiger partial charge is 0.495 e. The first kappa shape index (κ1) is 18.6. The number of nitrogens with zero attached hydrogens (tertiary/aromatic N) is 2. The lowest BCUT2D eigenvalue weighted by molar-refractivity contribution is 0.375. The Morgan fingerprint density at radius 2 is 2.04 bits per heavy atom. The smallest absolute Gasteiger partial charge is 0.244 e. The number of aromatic nitrogens is 2. The molecule has 1 N–H and O–H groups in total. The molecule has 0 saturated carbocycles. The van der Waals surface area contributed by atoms with Crippen LogP contribution in [0.5, 0.6) is 5.75 Å². The summed E-state index contributed by atoms with van der Waals surface area (Å²) in [5.41, 5.74) is 1.87. The zero-order valence-corrected chi connectivity index (χ0v) is 16.5. The average molecular weight is 438 g/mol. The molecule has 9 heteroatoms. The van der Waals surface area contributed by atoms with Crippen molar-refractivity contribution in [1.82, 2.24) is 14.9 Å². The maximum atomic E-state index is 12.6. The SMILES string of the molecule is COc1ccc(Br)cc1S(=O)(=O)NCc1nc(-c2cccc(C)c2)no1. The van der Waals surface area contributed by atoms with Crippen molar-refractivity contribution in [3.05, 3.63) is 58.4 Å². The van der Waals surface area contributed by atoms with Crippen LogP contribution in [0.4, 0.5) is 0 Å². The van der Waals surface area contributed by atoms with E-state index in [0.717, 1.165) is 11.1 Å². The van der Waals surface area contributed by atoms with Crippen molar-refractivity contribution in [3.8, 4) is 17.1 Å². The highest BCUT2D eigenvalue weighted by atomic mass is 79.9.